The quantitative estimate of drug-likeness (QED) is 0.796. The maximum atomic E-state index is 12.7. The highest BCUT2D eigenvalue weighted by Crippen LogP contribution is 2.25. The van der Waals surface area contributed by atoms with E-state index in [2.05, 4.69) is 0 Å². The number of hydrogen-bond acceptors (Lipinski definition) is 3. The Morgan fingerprint density at radius 3 is 2.50 bits per heavy atom. The number of sulfonamides is 1. The molecule has 0 heterocycles. The average Bonchev–Trinajstić information content (AvgIpc) is 2.50. The highest BCUT2D eigenvalue weighted by atomic mass is 32.2. The molecule has 0 radical (unpaired) electrons. The molecule has 2 aromatic rings. The third-order valence-corrected chi connectivity index (χ3v) is 5.47. The number of aliphatic carboxylic acids is 1. The first-order valence-electron chi connectivity index (χ1n) is 7.09. The van der Waals surface area contributed by atoms with Crippen molar-refractivity contribution in [3.05, 3.63) is 42.5 Å². The first-order chi connectivity index (χ1) is 10.4. The van der Waals surface area contributed by atoms with Gasteiger partial charge in [0.05, 0.1) is 4.90 Å². The van der Waals surface area contributed by atoms with E-state index in [0.717, 1.165) is 5.39 Å². The summed E-state index contributed by atoms with van der Waals surface area (Å²) in [6.45, 7) is 0.304. The molecule has 0 aliphatic rings. The van der Waals surface area contributed by atoms with E-state index < -0.39 is 16.0 Å². The minimum atomic E-state index is -3.58. The minimum absolute atomic E-state index is 0.0577. The molecule has 118 valence electrons. The number of rotatable bonds is 7. The summed E-state index contributed by atoms with van der Waals surface area (Å²) >= 11 is 0. The van der Waals surface area contributed by atoms with E-state index in [-0.39, 0.29) is 11.3 Å². The standard InChI is InChI=1S/C16H19NO4S/c1-17(12-5-4-11-16(18)19)22(20,21)15-10-6-8-13-7-2-3-9-14(13)15/h2-3,6-10H,4-5,11-12H2,1H3,(H,18,19). The van der Waals surface area contributed by atoms with E-state index in [9.17, 15) is 13.2 Å². The summed E-state index contributed by atoms with van der Waals surface area (Å²) in [4.78, 5) is 10.8. The van der Waals surface area contributed by atoms with Gasteiger partial charge in [0.2, 0.25) is 10.0 Å². The van der Waals surface area contributed by atoms with Crippen LogP contribution in [0.4, 0.5) is 0 Å². The van der Waals surface area contributed by atoms with Crippen molar-refractivity contribution in [3.8, 4) is 0 Å². The molecule has 0 fully saturated rings. The van der Waals surface area contributed by atoms with Crippen LogP contribution in [-0.4, -0.2) is 37.4 Å². The number of nitrogens with zero attached hydrogens (tertiary/aromatic N) is 1. The largest absolute Gasteiger partial charge is 0.481 e. The first-order valence-corrected chi connectivity index (χ1v) is 8.53. The van der Waals surface area contributed by atoms with Crippen LogP contribution in [0.3, 0.4) is 0 Å². The molecule has 0 saturated heterocycles. The number of carboxylic acid groups (broad SMARTS) is 1. The van der Waals surface area contributed by atoms with Crippen molar-refractivity contribution in [1.29, 1.82) is 0 Å². The van der Waals surface area contributed by atoms with Gasteiger partial charge in [-0.25, -0.2) is 12.7 Å². The van der Waals surface area contributed by atoms with E-state index in [0.29, 0.717) is 24.8 Å². The van der Waals surface area contributed by atoms with Crippen molar-refractivity contribution >= 4 is 26.8 Å². The Bertz CT molecular complexity index is 765. The second-order valence-corrected chi connectivity index (χ2v) is 7.17. The molecule has 0 atom stereocenters. The van der Waals surface area contributed by atoms with E-state index in [4.69, 9.17) is 5.11 Å². The topological polar surface area (TPSA) is 74.7 Å². The predicted molar refractivity (Wildman–Crippen MR) is 85.3 cm³/mol. The molecule has 0 saturated carbocycles. The van der Waals surface area contributed by atoms with Crippen LogP contribution in [0.15, 0.2) is 47.4 Å². The van der Waals surface area contributed by atoms with Crippen LogP contribution in [0, 0.1) is 0 Å². The highest BCUT2D eigenvalue weighted by Gasteiger charge is 2.22. The Labute approximate surface area is 130 Å². The van der Waals surface area contributed by atoms with Crippen molar-refractivity contribution in [2.45, 2.75) is 24.2 Å². The van der Waals surface area contributed by atoms with E-state index in [1.165, 1.54) is 11.4 Å². The Morgan fingerprint density at radius 2 is 1.77 bits per heavy atom. The number of benzene rings is 2. The highest BCUT2D eigenvalue weighted by molar-refractivity contribution is 7.89. The molecular weight excluding hydrogens is 302 g/mol. The van der Waals surface area contributed by atoms with Gasteiger partial charge in [0.15, 0.2) is 0 Å². The van der Waals surface area contributed by atoms with Crippen LogP contribution in [0.2, 0.25) is 0 Å². The van der Waals surface area contributed by atoms with E-state index >= 15 is 0 Å². The van der Waals surface area contributed by atoms with E-state index in [1.807, 2.05) is 24.3 Å². The van der Waals surface area contributed by atoms with Crippen LogP contribution >= 0.6 is 0 Å². The van der Waals surface area contributed by atoms with Gasteiger partial charge in [-0.15, -0.1) is 0 Å². The maximum absolute atomic E-state index is 12.7. The number of unbranched alkanes of at least 4 members (excludes halogenated alkanes) is 1. The molecule has 0 aromatic heterocycles. The van der Waals surface area contributed by atoms with Crippen LogP contribution in [-0.2, 0) is 14.8 Å². The summed E-state index contributed by atoms with van der Waals surface area (Å²) in [5, 5.41) is 10.2. The van der Waals surface area contributed by atoms with Gasteiger partial charge >= 0.3 is 5.97 Å². The Hall–Kier alpha value is -1.92. The molecule has 5 nitrogen and oxygen atoms in total. The molecule has 0 amide bonds. The molecule has 0 aliphatic heterocycles. The molecule has 1 N–H and O–H groups in total. The molecule has 22 heavy (non-hydrogen) atoms. The molecule has 0 unspecified atom stereocenters. The van der Waals surface area contributed by atoms with Crippen LogP contribution < -0.4 is 0 Å². The number of carboxylic acids is 1. The Morgan fingerprint density at radius 1 is 1.09 bits per heavy atom. The van der Waals surface area contributed by atoms with Crippen molar-refractivity contribution in [2.75, 3.05) is 13.6 Å². The molecule has 6 heteroatoms. The lowest BCUT2D eigenvalue weighted by Gasteiger charge is -2.18. The zero-order chi connectivity index (χ0) is 16.2. The second kappa shape index (κ2) is 6.89. The smallest absolute Gasteiger partial charge is 0.303 e. The van der Waals surface area contributed by atoms with Gasteiger partial charge in [-0.1, -0.05) is 36.4 Å². The fourth-order valence-corrected chi connectivity index (χ4v) is 3.74. The number of carbonyl (C=O) groups is 1. The monoisotopic (exact) mass is 321 g/mol. The summed E-state index contributed by atoms with van der Waals surface area (Å²) in [5.41, 5.74) is 0. The van der Waals surface area contributed by atoms with Gasteiger partial charge in [-0.05, 0) is 24.3 Å². The SMILES string of the molecule is CN(CCCCC(=O)O)S(=O)(=O)c1cccc2ccccc12. The molecule has 2 aromatic carbocycles. The van der Waals surface area contributed by atoms with Crippen LogP contribution in [0.1, 0.15) is 19.3 Å². The lowest BCUT2D eigenvalue weighted by atomic mass is 10.1. The minimum Gasteiger partial charge on any atom is -0.481 e. The predicted octanol–water partition coefficient (Wildman–Crippen LogP) is 2.72. The van der Waals surface area contributed by atoms with Gasteiger partial charge in [0.1, 0.15) is 0 Å². The maximum Gasteiger partial charge on any atom is 0.303 e. The summed E-state index contributed by atoms with van der Waals surface area (Å²) in [7, 11) is -2.05. The van der Waals surface area contributed by atoms with E-state index in [1.54, 1.807) is 18.2 Å². The molecule has 0 aliphatic carbocycles. The second-order valence-electron chi connectivity index (χ2n) is 5.15. The number of hydrogen-bond donors (Lipinski definition) is 1. The third-order valence-electron chi connectivity index (χ3n) is 3.55. The molecular formula is C16H19NO4S. The lowest BCUT2D eigenvalue weighted by molar-refractivity contribution is -0.137. The molecule has 2 rings (SSSR count). The summed E-state index contributed by atoms with van der Waals surface area (Å²) in [6, 6.07) is 12.6. The van der Waals surface area contributed by atoms with Gasteiger partial charge in [-0.2, -0.15) is 0 Å². The van der Waals surface area contributed by atoms with Crippen LogP contribution in [0.5, 0.6) is 0 Å². The van der Waals surface area contributed by atoms with Crippen molar-refractivity contribution in [2.24, 2.45) is 0 Å². The summed E-state index contributed by atoms with van der Waals surface area (Å²) < 4.78 is 26.7. The zero-order valence-electron chi connectivity index (χ0n) is 12.4. The molecule has 0 spiro atoms. The zero-order valence-corrected chi connectivity index (χ0v) is 13.2. The van der Waals surface area contributed by atoms with Crippen molar-refractivity contribution in [1.82, 2.24) is 4.31 Å². The normalized spacial score (nSPS) is 11.9. The van der Waals surface area contributed by atoms with Crippen LogP contribution in [0.25, 0.3) is 10.8 Å². The van der Waals surface area contributed by atoms with Gasteiger partial charge in [-0.3, -0.25) is 4.79 Å². The Kier molecular flexibility index (Phi) is 5.15. The van der Waals surface area contributed by atoms with Gasteiger partial charge in [0, 0.05) is 25.4 Å². The Balaban J connectivity index is 2.19. The number of fused-ring (bicyclic) bond motifs is 1. The first kappa shape index (κ1) is 16.5. The van der Waals surface area contributed by atoms with Crippen molar-refractivity contribution in [3.63, 3.8) is 0 Å². The third kappa shape index (κ3) is 3.64. The fourth-order valence-electron chi connectivity index (χ4n) is 2.32. The fraction of sp³-hybridized carbons (Fsp3) is 0.312. The summed E-state index contributed by atoms with van der Waals surface area (Å²) in [5.74, 6) is -0.862. The lowest BCUT2D eigenvalue weighted by Crippen LogP contribution is -2.28. The van der Waals surface area contributed by atoms with Gasteiger partial charge < -0.3 is 5.11 Å². The van der Waals surface area contributed by atoms with Gasteiger partial charge in [0.25, 0.3) is 0 Å². The average molecular weight is 321 g/mol. The van der Waals surface area contributed by atoms with Crippen molar-refractivity contribution < 1.29 is 18.3 Å². The summed E-state index contributed by atoms with van der Waals surface area (Å²) in [6.07, 6.45) is 1.04. The molecule has 0 bridgehead atoms.